The number of hydrogen-bond donors (Lipinski definition) is 0. The summed E-state index contributed by atoms with van der Waals surface area (Å²) in [5.41, 5.74) is 1.78. The zero-order valence-electron chi connectivity index (χ0n) is 11.1. The fourth-order valence-electron chi connectivity index (χ4n) is 1.87. The van der Waals surface area contributed by atoms with E-state index in [1.807, 2.05) is 12.1 Å². The highest BCUT2D eigenvalue weighted by atomic mass is 16.5. The highest BCUT2D eigenvalue weighted by Crippen LogP contribution is 2.25. The van der Waals surface area contributed by atoms with Crippen LogP contribution in [0.2, 0.25) is 0 Å². The first-order chi connectivity index (χ1) is 10.9. The second-order valence-electron chi connectivity index (χ2n) is 4.33. The molecule has 0 aliphatic carbocycles. The van der Waals surface area contributed by atoms with Crippen LogP contribution in [0.4, 0.5) is 0 Å². The molecular formula is C14H8N6O2. The van der Waals surface area contributed by atoms with Crippen LogP contribution in [0.5, 0.6) is 0 Å². The lowest BCUT2D eigenvalue weighted by molar-refractivity contribution is 0.411. The van der Waals surface area contributed by atoms with E-state index in [9.17, 15) is 0 Å². The molecule has 0 saturated heterocycles. The number of pyridine rings is 1. The third-order valence-corrected chi connectivity index (χ3v) is 2.89. The molecule has 0 aliphatic heterocycles. The second kappa shape index (κ2) is 5.17. The molecule has 0 fully saturated rings. The molecule has 4 heterocycles. The first-order valence-corrected chi connectivity index (χ1v) is 6.38. The predicted octanol–water partition coefficient (Wildman–Crippen LogP) is 2.24. The molecule has 4 aromatic rings. The van der Waals surface area contributed by atoms with Gasteiger partial charge in [0.25, 0.3) is 5.89 Å². The van der Waals surface area contributed by atoms with Crippen LogP contribution in [0.3, 0.4) is 0 Å². The second-order valence-corrected chi connectivity index (χ2v) is 4.33. The van der Waals surface area contributed by atoms with Crippen LogP contribution >= 0.6 is 0 Å². The Labute approximate surface area is 123 Å². The summed E-state index contributed by atoms with van der Waals surface area (Å²) in [5.74, 6) is 1.16. The quantitative estimate of drug-likeness (QED) is 0.566. The van der Waals surface area contributed by atoms with E-state index in [0.717, 1.165) is 5.56 Å². The largest absolute Gasteiger partial charge is 0.355 e. The summed E-state index contributed by atoms with van der Waals surface area (Å²) >= 11 is 0. The predicted molar refractivity (Wildman–Crippen MR) is 74.1 cm³/mol. The fourth-order valence-corrected chi connectivity index (χ4v) is 1.87. The molecule has 0 atom stereocenters. The van der Waals surface area contributed by atoms with Crippen LogP contribution in [0, 0.1) is 0 Å². The number of nitrogens with zero attached hydrogens (tertiary/aromatic N) is 6. The number of aromatic nitrogens is 6. The standard InChI is InChI=1S/C14H8N6O2/c1-2-9(7-15-3-1)12-6-10(19-21-12)14-18-13(20-22-14)11-8-16-4-5-17-11/h1-8H. The Hall–Kier alpha value is -3.42. The lowest BCUT2D eigenvalue weighted by atomic mass is 10.2. The van der Waals surface area contributed by atoms with E-state index in [4.69, 9.17) is 9.05 Å². The molecule has 0 amide bonds. The van der Waals surface area contributed by atoms with Gasteiger partial charge >= 0.3 is 0 Å². The van der Waals surface area contributed by atoms with Gasteiger partial charge in [0.15, 0.2) is 11.5 Å². The van der Waals surface area contributed by atoms with Gasteiger partial charge in [-0.1, -0.05) is 10.3 Å². The molecule has 4 aromatic heterocycles. The van der Waals surface area contributed by atoms with Crippen LogP contribution < -0.4 is 0 Å². The first-order valence-electron chi connectivity index (χ1n) is 6.38. The number of hydrogen-bond acceptors (Lipinski definition) is 8. The molecule has 22 heavy (non-hydrogen) atoms. The summed E-state index contributed by atoms with van der Waals surface area (Å²) in [7, 11) is 0. The molecule has 0 unspecified atom stereocenters. The third-order valence-electron chi connectivity index (χ3n) is 2.89. The normalized spacial score (nSPS) is 10.7. The van der Waals surface area contributed by atoms with Crippen LogP contribution in [-0.4, -0.2) is 30.2 Å². The van der Waals surface area contributed by atoms with E-state index in [1.54, 1.807) is 37.1 Å². The molecule has 0 aromatic carbocycles. The summed E-state index contributed by atoms with van der Waals surface area (Å²) in [6.07, 6.45) is 8.05. The van der Waals surface area contributed by atoms with Gasteiger partial charge in [-0.25, -0.2) is 4.98 Å². The highest BCUT2D eigenvalue weighted by Gasteiger charge is 2.16. The maximum atomic E-state index is 5.27. The Balaban J connectivity index is 1.66. The Morgan fingerprint density at radius 1 is 0.864 bits per heavy atom. The van der Waals surface area contributed by atoms with E-state index >= 15 is 0 Å². The smallest absolute Gasteiger partial charge is 0.280 e. The molecule has 0 bridgehead atoms. The van der Waals surface area contributed by atoms with Crippen molar-refractivity contribution < 1.29 is 9.05 Å². The highest BCUT2D eigenvalue weighted by molar-refractivity contribution is 5.62. The van der Waals surface area contributed by atoms with Crippen molar-refractivity contribution in [1.82, 2.24) is 30.2 Å². The monoisotopic (exact) mass is 292 g/mol. The zero-order valence-corrected chi connectivity index (χ0v) is 11.1. The molecule has 0 radical (unpaired) electrons. The van der Waals surface area contributed by atoms with Crippen molar-refractivity contribution >= 4 is 0 Å². The average Bonchev–Trinajstić information content (AvgIpc) is 3.26. The van der Waals surface area contributed by atoms with Gasteiger partial charge in [0, 0.05) is 36.4 Å². The van der Waals surface area contributed by atoms with Gasteiger partial charge in [-0.3, -0.25) is 9.97 Å². The van der Waals surface area contributed by atoms with Crippen molar-refractivity contribution in [1.29, 1.82) is 0 Å². The maximum Gasteiger partial charge on any atom is 0.280 e. The minimum atomic E-state index is 0.250. The van der Waals surface area contributed by atoms with Crippen molar-refractivity contribution in [3.8, 4) is 34.4 Å². The molecule has 4 rings (SSSR count). The maximum absolute atomic E-state index is 5.27. The van der Waals surface area contributed by atoms with Crippen molar-refractivity contribution in [2.45, 2.75) is 0 Å². The van der Waals surface area contributed by atoms with E-state index in [0.29, 0.717) is 23.0 Å². The van der Waals surface area contributed by atoms with Gasteiger partial charge in [0.2, 0.25) is 5.82 Å². The van der Waals surface area contributed by atoms with Gasteiger partial charge in [-0.15, -0.1) is 0 Å². The Kier molecular flexibility index (Phi) is 2.90. The summed E-state index contributed by atoms with van der Waals surface area (Å²) < 4.78 is 10.5. The van der Waals surface area contributed by atoms with Crippen molar-refractivity contribution in [3.63, 3.8) is 0 Å². The minimum absolute atomic E-state index is 0.250. The Bertz CT molecular complexity index is 812. The molecule has 0 aliphatic rings. The van der Waals surface area contributed by atoms with Gasteiger partial charge < -0.3 is 9.05 Å². The zero-order chi connectivity index (χ0) is 14.8. The van der Waals surface area contributed by atoms with Gasteiger partial charge in [0.1, 0.15) is 5.69 Å². The lowest BCUT2D eigenvalue weighted by Gasteiger charge is -1.90. The van der Waals surface area contributed by atoms with Gasteiger partial charge in [0.05, 0.1) is 6.20 Å². The SMILES string of the molecule is c1cncc(-c2cc(-c3nc(-c4cnccn4)no3)no2)c1. The summed E-state index contributed by atoms with van der Waals surface area (Å²) in [5, 5.41) is 7.80. The molecule has 0 saturated carbocycles. The van der Waals surface area contributed by atoms with Crippen molar-refractivity contribution in [2.75, 3.05) is 0 Å². The topological polar surface area (TPSA) is 104 Å². The molecule has 0 N–H and O–H groups in total. The first kappa shape index (κ1) is 12.3. The summed E-state index contributed by atoms with van der Waals surface area (Å²) in [6.45, 7) is 0. The van der Waals surface area contributed by atoms with Crippen LogP contribution in [0.15, 0.2) is 58.2 Å². The van der Waals surface area contributed by atoms with Crippen molar-refractivity contribution in [3.05, 3.63) is 49.2 Å². The van der Waals surface area contributed by atoms with E-state index in [1.165, 1.54) is 0 Å². The fraction of sp³-hybridized carbons (Fsp3) is 0. The van der Waals surface area contributed by atoms with Crippen LogP contribution in [0.25, 0.3) is 34.4 Å². The molecule has 0 spiro atoms. The third kappa shape index (κ3) is 2.22. The van der Waals surface area contributed by atoms with E-state index in [-0.39, 0.29) is 5.89 Å². The summed E-state index contributed by atoms with van der Waals surface area (Å²) in [6, 6.07) is 5.40. The molecule has 8 nitrogen and oxygen atoms in total. The number of rotatable bonds is 3. The van der Waals surface area contributed by atoms with Gasteiger partial charge in [-0.05, 0) is 12.1 Å². The van der Waals surface area contributed by atoms with E-state index < -0.39 is 0 Å². The Morgan fingerprint density at radius 2 is 1.82 bits per heavy atom. The van der Waals surface area contributed by atoms with Crippen molar-refractivity contribution in [2.24, 2.45) is 0 Å². The van der Waals surface area contributed by atoms with Crippen LogP contribution in [0.1, 0.15) is 0 Å². The van der Waals surface area contributed by atoms with Crippen LogP contribution in [-0.2, 0) is 0 Å². The van der Waals surface area contributed by atoms with E-state index in [2.05, 4.69) is 30.2 Å². The summed E-state index contributed by atoms with van der Waals surface area (Å²) in [4.78, 5) is 16.3. The average molecular weight is 292 g/mol. The minimum Gasteiger partial charge on any atom is -0.355 e. The lowest BCUT2D eigenvalue weighted by Crippen LogP contribution is -1.86. The Morgan fingerprint density at radius 3 is 2.64 bits per heavy atom. The van der Waals surface area contributed by atoms with Gasteiger partial charge in [-0.2, -0.15) is 4.98 Å². The molecular weight excluding hydrogens is 284 g/mol. The molecule has 106 valence electrons. The molecule has 8 heteroatoms.